The molecule has 2 rings (SSSR count). The minimum absolute atomic E-state index is 0.232. The molecule has 1 aromatic rings. The van der Waals surface area contributed by atoms with Crippen LogP contribution in [0, 0.1) is 5.92 Å². The standard InChI is InChI=1S/C9H14N2O2/c1-11-8(2-4-10-11)9(12)7-3-5-13-6-7/h2,4,7,9,12H,3,5-6H2,1H3. The van der Waals surface area contributed by atoms with Crippen LogP contribution in [0.3, 0.4) is 0 Å². The molecule has 1 fully saturated rings. The topological polar surface area (TPSA) is 47.3 Å². The Morgan fingerprint density at radius 1 is 1.77 bits per heavy atom. The lowest BCUT2D eigenvalue weighted by Crippen LogP contribution is -2.15. The molecule has 0 aromatic carbocycles. The van der Waals surface area contributed by atoms with Crippen LogP contribution in [0.25, 0.3) is 0 Å². The Labute approximate surface area is 77.1 Å². The Kier molecular flexibility index (Phi) is 2.33. The van der Waals surface area contributed by atoms with Crippen molar-refractivity contribution in [2.75, 3.05) is 13.2 Å². The molecule has 0 amide bonds. The molecule has 1 aliphatic heterocycles. The van der Waals surface area contributed by atoms with Gasteiger partial charge in [-0.05, 0) is 12.5 Å². The van der Waals surface area contributed by atoms with E-state index < -0.39 is 6.10 Å². The summed E-state index contributed by atoms with van der Waals surface area (Å²) < 4.78 is 6.94. The molecule has 0 bridgehead atoms. The number of aliphatic hydroxyl groups is 1. The molecular formula is C9H14N2O2. The second kappa shape index (κ2) is 3.47. The van der Waals surface area contributed by atoms with Crippen LogP contribution in [-0.2, 0) is 11.8 Å². The number of hydrogen-bond donors (Lipinski definition) is 1. The number of nitrogens with zero attached hydrogens (tertiary/aromatic N) is 2. The first kappa shape index (κ1) is 8.72. The maximum absolute atomic E-state index is 9.95. The summed E-state index contributed by atoms with van der Waals surface area (Å²) in [6.45, 7) is 1.42. The molecule has 0 saturated carbocycles. The van der Waals surface area contributed by atoms with Gasteiger partial charge in [-0.25, -0.2) is 0 Å². The van der Waals surface area contributed by atoms with Gasteiger partial charge in [-0.1, -0.05) is 0 Å². The van der Waals surface area contributed by atoms with Gasteiger partial charge < -0.3 is 9.84 Å². The van der Waals surface area contributed by atoms with Gasteiger partial charge in [-0.3, -0.25) is 4.68 Å². The predicted octanol–water partition coefficient (Wildman–Crippen LogP) is 0.490. The third kappa shape index (κ3) is 1.59. The first-order valence-corrected chi connectivity index (χ1v) is 4.53. The van der Waals surface area contributed by atoms with Crippen LogP contribution in [0.5, 0.6) is 0 Å². The summed E-state index contributed by atoms with van der Waals surface area (Å²) in [7, 11) is 1.84. The Morgan fingerprint density at radius 3 is 3.15 bits per heavy atom. The number of aromatic nitrogens is 2. The zero-order valence-corrected chi connectivity index (χ0v) is 7.68. The molecule has 2 unspecified atom stereocenters. The van der Waals surface area contributed by atoms with Crippen LogP contribution in [0.2, 0.25) is 0 Å². The first-order valence-electron chi connectivity index (χ1n) is 4.53. The number of aryl methyl sites for hydroxylation is 1. The first-order chi connectivity index (χ1) is 6.29. The molecule has 13 heavy (non-hydrogen) atoms. The summed E-state index contributed by atoms with van der Waals surface area (Å²) in [5.74, 6) is 0.232. The highest BCUT2D eigenvalue weighted by molar-refractivity contribution is 5.05. The van der Waals surface area contributed by atoms with Gasteiger partial charge in [0.25, 0.3) is 0 Å². The summed E-state index contributed by atoms with van der Waals surface area (Å²) >= 11 is 0. The Bertz CT molecular complexity index is 279. The fraction of sp³-hybridized carbons (Fsp3) is 0.667. The van der Waals surface area contributed by atoms with Crippen molar-refractivity contribution in [3.8, 4) is 0 Å². The molecule has 2 heterocycles. The van der Waals surface area contributed by atoms with Crippen LogP contribution in [-0.4, -0.2) is 28.1 Å². The van der Waals surface area contributed by atoms with E-state index in [1.54, 1.807) is 10.9 Å². The normalized spacial score (nSPS) is 24.9. The molecule has 0 spiro atoms. The maximum Gasteiger partial charge on any atom is 0.101 e. The van der Waals surface area contributed by atoms with E-state index in [9.17, 15) is 5.11 Å². The third-order valence-corrected chi connectivity index (χ3v) is 2.57. The zero-order chi connectivity index (χ0) is 9.26. The number of ether oxygens (including phenoxy) is 1. The molecular weight excluding hydrogens is 168 g/mol. The van der Waals surface area contributed by atoms with Gasteiger partial charge in [-0.15, -0.1) is 0 Å². The second-order valence-corrected chi connectivity index (χ2v) is 3.45. The van der Waals surface area contributed by atoms with Gasteiger partial charge in [0, 0.05) is 25.8 Å². The van der Waals surface area contributed by atoms with Crippen molar-refractivity contribution in [1.29, 1.82) is 0 Å². The summed E-state index contributed by atoms with van der Waals surface area (Å²) in [6.07, 6.45) is 2.20. The summed E-state index contributed by atoms with van der Waals surface area (Å²) in [5, 5.41) is 14.0. The van der Waals surface area contributed by atoms with E-state index in [-0.39, 0.29) is 5.92 Å². The Morgan fingerprint density at radius 2 is 2.62 bits per heavy atom. The van der Waals surface area contributed by atoms with Crippen LogP contribution < -0.4 is 0 Å². The minimum atomic E-state index is -0.435. The van der Waals surface area contributed by atoms with Gasteiger partial charge in [0.15, 0.2) is 0 Å². The number of rotatable bonds is 2. The highest BCUT2D eigenvalue weighted by Crippen LogP contribution is 2.27. The lowest BCUT2D eigenvalue weighted by Gasteiger charge is -2.16. The quantitative estimate of drug-likeness (QED) is 0.724. The predicted molar refractivity (Wildman–Crippen MR) is 47.1 cm³/mol. The molecule has 0 radical (unpaired) electrons. The molecule has 0 aliphatic carbocycles. The monoisotopic (exact) mass is 182 g/mol. The zero-order valence-electron chi connectivity index (χ0n) is 7.68. The molecule has 4 nitrogen and oxygen atoms in total. The third-order valence-electron chi connectivity index (χ3n) is 2.57. The highest BCUT2D eigenvalue weighted by Gasteiger charge is 2.26. The molecule has 1 saturated heterocycles. The van der Waals surface area contributed by atoms with Crippen LogP contribution in [0.1, 0.15) is 18.2 Å². The Hall–Kier alpha value is -0.870. The maximum atomic E-state index is 9.95. The van der Waals surface area contributed by atoms with E-state index in [2.05, 4.69) is 5.10 Å². The highest BCUT2D eigenvalue weighted by atomic mass is 16.5. The largest absolute Gasteiger partial charge is 0.386 e. The van der Waals surface area contributed by atoms with Crippen molar-refractivity contribution in [3.05, 3.63) is 18.0 Å². The van der Waals surface area contributed by atoms with Crippen molar-refractivity contribution in [2.24, 2.45) is 13.0 Å². The SMILES string of the molecule is Cn1nccc1C(O)C1CCOC1. The molecule has 4 heteroatoms. The summed E-state index contributed by atoms with van der Waals surface area (Å²) in [4.78, 5) is 0. The van der Waals surface area contributed by atoms with Crippen molar-refractivity contribution in [1.82, 2.24) is 9.78 Å². The van der Waals surface area contributed by atoms with E-state index >= 15 is 0 Å². The minimum Gasteiger partial charge on any atom is -0.386 e. The number of hydrogen-bond acceptors (Lipinski definition) is 3. The number of aliphatic hydroxyl groups excluding tert-OH is 1. The van der Waals surface area contributed by atoms with Gasteiger partial charge >= 0.3 is 0 Å². The smallest absolute Gasteiger partial charge is 0.101 e. The van der Waals surface area contributed by atoms with E-state index in [0.717, 1.165) is 18.7 Å². The van der Waals surface area contributed by atoms with E-state index in [1.807, 2.05) is 13.1 Å². The molecule has 72 valence electrons. The van der Waals surface area contributed by atoms with Crippen LogP contribution in [0.15, 0.2) is 12.3 Å². The molecule has 1 N–H and O–H groups in total. The van der Waals surface area contributed by atoms with Crippen LogP contribution in [0.4, 0.5) is 0 Å². The van der Waals surface area contributed by atoms with Crippen molar-refractivity contribution in [3.63, 3.8) is 0 Å². The lowest BCUT2D eigenvalue weighted by molar-refractivity contribution is 0.0854. The summed E-state index contributed by atoms with van der Waals surface area (Å²) in [5.41, 5.74) is 0.871. The fourth-order valence-corrected chi connectivity index (χ4v) is 1.72. The van der Waals surface area contributed by atoms with E-state index in [0.29, 0.717) is 6.61 Å². The van der Waals surface area contributed by atoms with Crippen molar-refractivity contribution < 1.29 is 9.84 Å². The summed E-state index contributed by atoms with van der Waals surface area (Å²) in [6, 6.07) is 1.85. The van der Waals surface area contributed by atoms with Crippen LogP contribution >= 0.6 is 0 Å². The average Bonchev–Trinajstić information content (AvgIpc) is 2.72. The van der Waals surface area contributed by atoms with E-state index in [4.69, 9.17) is 4.74 Å². The van der Waals surface area contributed by atoms with Gasteiger partial charge in [-0.2, -0.15) is 5.10 Å². The molecule has 1 aromatic heterocycles. The lowest BCUT2D eigenvalue weighted by atomic mass is 9.99. The Balaban J connectivity index is 2.12. The van der Waals surface area contributed by atoms with Crippen molar-refractivity contribution >= 4 is 0 Å². The molecule has 1 aliphatic rings. The second-order valence-electron chi connectivity index (χ2n) is 3.45. The van der Waals surface area contributed by atoms with Gasteiger partial charge in [0.05, 0.1) is 12.3 Å². The van der Waals surface area contributed by atoms with Crippen molar-refractivity contribution in [2.45, 2.75) is 12.5 Å². The average molecular weight is 182 g/mol. The van der Waals surface area contributed by atoms with Gasteiger partial charge in [0.2, 0.25) is 0 Å². The van der Waals surface area contributed by atoms with Gasteiger partial charge in [0.1, 0.15) is 6.10 Å². The van der Waals surface area contributed by atoms with E-state index in [1.165, 1.54) is 0 Å². The molecule has 2 atom stereocenters. The fourth-order valence-electron chi connectivity index (χ4n) is 1.72.